The van der Waals surface area contributed by atoms with Crippen LogP contribution in [0.3, 0.4) is 0 Å². The first-order chi connectivity index (χ1) is 8.25. The number of esters is 1. The fourth-order valence-electron chi connectivity index (χ4n) is 2.66. The second-order valence-electron chi connectivity index (χ2n) is 4.56. The van der Waals surface area contributed by atoms with Crippen molar-refractivity contribution in [1.29, 1.82) is 0 Å². The van der Waals surface area contributed by atoms with Gasteiger partial charge in [0.15, 0.2) is 5.75 Å². The molecule has 0 N–H and O–H groups in total. The van der Waals surface area contributed by atoms with E-state index >= 15 is 0 Å². The van der Waals surface area contributed by atoms with Crippen molar-refractivity contribution in [3.05, 3.63) is 35.7 Å². The maximum absolute atomic E-state index is 11.1. The summed E-state index contributed by atoms with van der Waals surface area (Å²) in [6.07, 6.45) is 8.88. The van der Waals surface area contributed by atoms with Crippen molar-refractivity contribution in [2.75, 3.05) is 0 Å². The van der Waals surface area contributed by atoms with E-state index < -0.39 is 0 Å². The molecule has 0 atom stereocenters. The summed E-state index contributed by atoms with van der Waals surface area (Å²) >= 11 is 0. The molecule has 3 nitrogen and oxygen atoms in total. The maximum Gasteiger partial charge on any atom is 0.308 e. The third kappa shape index (κ3) is 1.71. The van der Waals surface area contributed by atoms with Gasteiger partial charge in [0.25, 0.3) is 0 Å². The van der Waals surface area contributed by atoms with Crippen molar-refractivity contribution in [2.24, 2.45) is 0 Å². The number of hydrogen-bond donors (Lipinski definition) is 0. The Kier molecular flexibility index (Phi) is 2.39. The molecule has 0 unspecified atom stereocenters. The van der Waals surface area contributed by atoms with Gasteiger partial charge >= 0.3 is 5.97 Å². The van der Waals surface area contributed by atoms with Gasteiger partial charge in [-0.1, -0.05) is 0 Å². The number of nitrogens with zero attached hydrogens (tertiary/aromatic N) is 1. The molecule has 0 aliphatic heterocycles. The molecule has 0 radical (unpaired) electrons. The zero-order valence-electron chi connectivity index (χ0n) is 9.90. The third-order valence-electron chi connectivity index (χ3n) is 3.33. The van der Waals surface area contributed by atoms with Crippen LogP contribution in [-0.4, -0.2) is 10.4 Å². The third-order valence-corrected chi connectivity index (χ3v) is 3.33. The highest BCUT2D eigenvalue weighted by molar-refractivity contribution is 5.76. The normalized spacial score (nSPS) is 14.6. The molecule has 17 heavy (non-hydrogen) atoms. The Morgan fingerprint density at radius 3 is 3.00 bits per heavy atom. The molecule has 88 valence electrons. The Hall–Kier alpha value is -1.77. The van der Waals surface area contributed by atoms with Gasteiger partial charge in [0.05, 0.1) is 5.52 Å². The quantitative estimate of drug-likeness (QED) is 0.704. The minimum absolute atomic E-state index is 0.260. The SMILES string of the molecule is CC(=O)Oc1cccn2cc3c(c12)CCCC3. The predicted molar refractivity (Wildman–Crippen MR) is 65.3 cm³/mol. The van der Waals surface area contributed by atoms with Gasteiger partial charge in [-0.15, -0.1) is 0 Å². The van der Waals surface area contributed by atoms with Crippen molar-refractivity contribution >= 4 is 11.5 Å². The van der Waals surface area contributed by atoms with Crippen molar-refractivity contribution in [3.63, 3.8) is 0 Å². The number of fused-ring (bicyclic) bond motifs is 3. The standard InChI is InChI=1S/C14H15NO2/c1-10(16)17-13-7-4-8-15-9-11-5-2-3-6-12(11)14(13)15/h4,7-9H,2-3,5-6H2,1H3. The summed E-state index contributed by atoms with van der Waals surface area (Å²) in [4.78, 5) is 11.1. The molecule has 0 saturated heterocycles. The Morgan fingerprint density at radius 1 is 1.35 bits per heavy atom. The van der Waals surface area contributed by atoms with Crippen LogP contribution >= 0.6 is 0 Å². The highest BCUT2D eigenvalue weighted by Crippen LogP contribution is 2.32. The number of hydrogen-bond acceptors (Lipinski definition) is 2. The molecule has 0 spiro atoms. The second kappa shape index (κ2) is 3.91. The van der Waals surface area contributed by atoms with E-state index in [2.05, 4.69) is 10.6 Å². The summed E-state index contributed by atoms with van der Waals surface area (Å²) in [5.74, 6) is 0.423. The number of aryl methyl sites for hydroxylation is 2. The largest absolute Gasteiger partial charge is 0.424 e. The Balaban J connectivity index is 2.22. The van der Waals surface area contributed by atoms with Crippen molar-refractivity contribution in [2.45, 2.75) is 32.6 Å². The topological polar surface area (TPSA) is 30.7 Å². The molecule has 1 aliphatic rings. The number of rotatable bonds is 1. The molecule has 0 aromatic carbocycles. The summed E-state index contributed by atoms with van der Waals surface area (Å²) in [6, 6.07) is 3.78. The predicted octanol–water partition coefficient (Wildman–Crippen LogP) is 2.74. The fourth-order valence-corrected chi connectivity index (χ4v) is 2.66. The lowest BCUT2D eigenvalue weighted by molar-refractivity contribution is -0.131. The van der Waals surface area contributed by atoms with Gasteiger partial charge in [0.1, 0.15) is 0 Å². The maximum atomic E-state index is 11.1. The molecular formula is C14H15NO2. The van der Waals surface area contributed by atoms with Crippen molar-refractivity contribution in [3.8, 4) is 5.75 Å². The highest BCUT2D eigenvalue weighted by Gasteiger charge is 2.18. The van der Waals surface area contributed by atoms with Gasteiger partial charge in [-0.2, -0.15) is 0 Å². The van der Waals surface area contributed by atoms with Crippen LogP contribution in [-0.2, 0) is 17.6 Å². The molecular weight excluding hydrogens is 214 g/mol. The van der Waals surface area contributed by atoms with E-state index in [1.165, 1.54) is 30.9 Å². The molecule has 0 saturated carbocycles. The molecule has 3 heteroatoms. The number of pyridine rings is 1. The average Bonchev–Trinajstić information content (AvgIpc) is 2.67. The van der Waals surface area contributed by atoms with Crippen LogP contribution in [0.15, 0.2) is 24.5 Å². The van der Waals surface area contributed by atoms with Crippen LogP contribution in [0.25, 0.3) is 5.52 Å². The van der Waals surface area contributed by atoms with Crippen LogP contribution in [0.1, 0.15) is 30.9 Å². The fraction of sp³-hybridized carbons (Fsp3) is 0.357. The smallest absolute Gasteiger partial charge is 0.308 e. The molecule has 3 rings (SSSR count). The first kappa shape index (κ1) is 10.4. The van der Waals surface area contributed by atoms with Crippen molar-refractivity contribution < 1.29 is 9.53 Å². The van der Waals surface area contributed by atoms with Crippen LogP contribution in [0, 0.1) is 0 Å². The lowest BCUT2D eigenvalue weighted by Gasteiger charge is -2.12. The van der Waals surface area contributed by atoms with Crippen LogP contribution in [0.2, 0.25) is 0 Å². The molecule has 2 aromatic rings. The van der Waals surface area contributed by atoms with E-state index in [1.807, 2.05) is 18.3 Å². The molecule has 0 amide bonds. The Bertz CT molecular complexity index is 583. The van der Waals surface area contributed by atoms with Gasteiger partial charge in [0.2, 0.25) is 0 Å². The number of carbonyl (C=O) groups is 1. The highest BCUT2D eigenvalue weighted by atomic mass is 16.5. The second-order valence-corrected chi connectivity index (χ2v) is 4.56. The van der Waals surface area contributed by atoms with E-state index in [9.17, 15) is 4.79 Å². The molecule has 2 aromatic heterocycles. The van der Waals surface area contributed by atoms with Gasteiger partial charge in [-0.3, -0.25) is 4.79 Å². The van der Waals surface area contributed by atoms with Gasteiger partial charge in [0, 0.05) is 19.3 Å². The minimum atomic E-state index is -0.260. The van der Waals surface area contributed by atoms with Crippen LogP contribution in [0.5, 0.6) is 5.75 Å². The monoisotopic (exact) mass is 229 g/mol. The minimum Gasteiger partial charge on any atom is -0.424 e. The molecule has 0 fully saturated rings. The molecule has 0 bridgehead atoms. The van der Waals surface area contributed by atoms with E-state index in [4.69, 9.17) is 4.74 Å². The van der Waals surface area contributed by atoms with Gasteiger partial charge in [-0.05, 0) is 48.9 Å². The summed E-state index contributed by atoms with van der Waals surface area (Å²) in [7, 11) is 0. The van der Waals surface area contributed by atoms with Gasteiger partial charge in [-0.25, -0.2) is 0 Å². The van der Waals surface area contributed by atoms with E-state index in [-0.39, 0.29) is 5.97 Å². The Morgan fingerprint density at radius 2 is 2.18 bits per heavy atom. The number of carbonyl (C=O) groups excluding carboxylic acids is 1. The zero-order valence-corrected chi connectivity index (χ0v) is 9.90. The summed E-state index contributed by atoms with van der Waals surface area (Å²) in [5.41, 5.74) is 3.82. The lowest BCUT2D eigenvalue weighted by Crippen LogP contribution is -2.04. The first-order valence-corrected chi connectivity index (χ1v) is 6.05. The van der Waals surface area contributed by atoms with E-state index in [0.717, 1.165) is 18.4 Å². The number of aromatic nitrogens is 1. The summed E-state index contributed by atoms with van der Waals surface area (Å²) in [6.45, 7) is 1.44. The van der Waals surface area contributed by atoms with Gasteiger partial charge < -0.3 is 9.14 Å². The molecule has 1 aliphatic carbocycles. The van der Waals surface area contributed by atoms with Crippen molar-refractivity contribution in [1.82, 2.24) is 4.40 Å². The van der Waals surface area contributed by atoms with Crippen LogP contribution < -0.4 is 4.74 Å². The summed E-state index contributed by atoms with van der Waals surface area (Å²) < 4.78 is 7.37. The summed E-state index contributed by atoms with van der Waals surface area (Å²) in [5, 5.41) is 0. The van der Waals surface area contributed by atoms with E-state index in [0.29, 0.717) is 5.75 Å². The van der Waals surface area contributed by atoms with Crippen LogP contribution in [0.4, 0.5) is 0 Å². The molecule has 2 heterocycles. The zero-order chi connectivity index (χ0) is 11.8. The van der Waals surface area contributed by atoms with E-state index in [1.54, 1.807) is 0 Å². The average molecular weight is 229 g/mol. The number of ether oxygens (including phenoxy) is 1. The Labute approximate surface area is 100 Å². The lowest BCUT2D eigenvalue weighted by atomic mass is 9.94. The first-order valence-electron chi connectivity index (χ1n) is 6.05.